The summed E-state index contributed by atoms with van der Waals surface area (Å²) >= 11 is 0. The third-order valence-electron chi connectivity index (χ3n) is 4.39. The zero-order chi connectivity index (χ0) is 20.1. The van der Waals surface area contributed by atoms with Crippen molar-refractivity contribution < 1.29 is 27.8 Å². The van der Waals surface area contributed by atoms with E-state index in [1.165, 1.54) is 25.3 Å². The van der Waals surface area contributed by atoms with Gasteiger partial charge in [0.25, 0.3) is 0 Å². The van der Waals surface area contributed by atoms with Crippen LogP contribution < -0.4 is 14.4 Å². The monoisotopic (exact) mass is 387 g/mol. The maximum absolute atomic E-state index is 12.7. The second-order valence-corrected chi connectivity index (χ2v) is 6.15. The van der Waals surface area contributed by atoms with Gasteiger partial charge in [-0.1, -0.05) is 12.1 Å². The van der Waals surface area contributed by atoms with Crippen LogP contribution in [0.5, 0.6) is 11.5 Å². The summed E-state index contributed by atoms with van der Waals surface area (Å²) in [7, 11) is 1.35. The van der Waals surface area contributed by atoms with Crippen molar-refractivity contribution in [1.29, 1.82) is 0 Å². The maximum Gasteiger partial charge on any atom is 0.387 e. The molecule has 0 unspecified atom stereocenters. The maximum atomic E-state index is 12.7. The fraction of sp³-hybridized carbons (Fsp3) is 0.238. The van der Waals surface area contributed by atoms with E-state index in [-0.39, 0.29) is 23.2 Å². The molecule has 0 atom stereocenters. The number of carbonyl (C=O) groups excluding carboxylic acids is 2. The predicted octanol–water partition coefficient (Wildman–Crippen LogP) is 4.32. The van der Waals surface area contributed by atoms with Gasteiger partial charge in [0.15, 0.2) is 17.3 Å². The van der Waals surface area contributed by atoms with Crippen LogP contribution in [0.3, 0.4) is 0 Å². The van der Waals surface area contributed by atoms with E-state index in [2.05, 4.69) is 4.74 Å². The molecule has 1 aliphatic heterocycles. The summed E-state index contributed by atoms with van der Waals surface area (Å²) in [6.45, 7) is -2.34. The zero-order valence-electron chi connectivity index (χ0n) is 15.2. The summed E-state index contributed by atoms with van der Waals surface area (Å²) < 4.78 is 34.9. The van der Waals surface area contributed by atoms with Gasteiger partial charge in [-0.2, -0.15) is 8.78 Å². The van der Waals surface area contributed by atoms with E-state index < -0.39 is 6.61 Å². The molecule has 7 heteroatoms. The number of ketones is 1. The molecule has 2 aromatic carbocycles. The van der Waals surface area contributed by atoms with Crippen LogP contribution in [0, 0.1) is 0 Å². The first-order valence-electron chi connectivity index (χ1n) is 8.74. The first-order valence-corrected chi connectivity index (χ1v) is 8.74. The smallest absolute Gasteiger partial charge is 0.387 e. The minimum absolute atomic E-state index is 0.0727. The highest BCUT2D eigenvalue weighted by atomic mass is 19.3. The van der Waals surface area contributed by atoms with Crippen LogP contribution in [0.4, 0.5) is 14.5 Å². The highest BCUT2D eigenvalue weighted by molar-refractivity contribution is 6.07. The molecule has 0 spiro atoms. The number of hydrogen-bond donors (Lipinski definition) is 0. The van der Waals surface area contributed by atoms with Crippen LogP contribution in [-0.4, -0.2) is 32.0 Å². The van der Waals surface area contributed by atoms with Gasteiger partial charge in [-0.3, -0.25) is 9.59 Å². The summed E-state index contributed by atoms with van der Waals surface area (Å²) in [5.41, 5.74) is 1.47. The Morgan fingerprint density at radius 3 is 2.54 bits per heavy atom. The molecule has 1 saturated heterocycles. The number of nitrogens with zero attached hydrogens (tertiary/aromatic N) is 1. The average molecular weight is 387 g/mol. The third-order valence-corrected chi connectivity index (χ3v) is 4.39. The van der Waals surface area contributed by atoms with Crippen LogP contribution in [0.2, 0.25) is 0 Å². The van der Waals surface area contributed by atoms with Gasteiger partial charge in [0.05, 0.1) is 7.11 Å². The van der Waals surface area contributed by atoms with Crippen LogP contribution in [0.1, 0.15) is 28.8 Å². The summed E-state index contributed by atoms with van der Waals surface area (Å²) in [4.78, 5) is 25.9. The number of halogens is 2. The van der Waals surface area contributed by atoms with Gasteiger partial charge in [-0.05, 0) is 48.9 Å². The number of anilines is 1. The van der Waals surface area contributed by atoms with Gasteiger partial charge in [-0.15, -0.1) is 0 Å². The molecule has 146 valence electrons. The minimum Gasteiger partial charge on any atom is -0.493 e. The van der Waals surface area contributed by atoms with Crippen LogP contribution in [0.25, 0.3) is 6.08 Å². The molecule has 0 saturated carbocycles. The summed E-state index contributed by atoms with van der Waals surface area (Å²) in [6, 6.07) is 11.4. The summed E-state index contributed by atoms with van der Waals surface area (Å²) in [5.74, 6) is -0.213. The molecule has 0 N–H and O–H groups in total. The zero-order valence-corrected chi connectivity index (χ0v) is 15.2. The normalized spacial score (nSPS) is 14.1. The second kappa shape index (κ2) is 8.65. The molecule has 0 bridgehead atoms. The van der Waals surface area contributed by atoms with E-state index in [1.807, 2.05) is 0 Å². The molecule has 5 nitrogen and oxygen atoms in total. The fourth-order valence-corrected chi connectivity index (χ4v) is 3.03. The Kier molecular flexibility index (Phi) is 6.03. The van der Waals surface area contributed by atoms with Crippen molar-refractivity contribution in [3.8, 4) is 11.5 Å². The molecular weight excluding hydrogens is 368 g/mol. The Balaban J connectivity index is 1.77. The molecular formula is C21H19F2NO4. The molecule has 1 fully saturated rings. The van der Waals surface area contributed by atoms with Crippen molar-refractivity contribution in [3.63, 3.8) is 0 Å². The summed E-state index contributed by atoms with van der Waals surface area (Å²) in [5, 5.41) is 0. The molecule has 0 aromatic heterocycles. The van der Waals surface area contributed by atoms with Gasteiger partial charge in [0, 0.05) is 29.8 Å². The Hall–Kier alpha value is -3.22. The molecule has 1 aliphatic rings. The number of para-hydroxylation sites is 1. The third kappa shape index (κ3) is 4.36. The van der Waals surface area contributed by atoms with E-state index in [9.17, 15) is 18.4 Å². The number of ether oxygens (including phenoxy) is 2. The minimum atomic E-state index is -3.01. The quantitative estimate of drug-likeness (QED) is 0.525. The van der Waals surface area contributed by atoms with Gasteiger partial charge >= 0.3 is 6.61 Å². The molecule has 3 rings (SSSR count). The Morgan fingerprint density at radius 1 is 1.18 bits per heavy atom. The first-order chi connectivity index (χ1) is 13.5. The van der Waals surface area contributed by atoms with E-state index in [0.29, 0.717) is 24.1 Å². The van der Waals surface area contributed by atoms with E-state index >= 15 is 0 Å². The lowest BCUT2D eigenvalue weighted by atomic mass is 10.1. The largest absolute Gasteiger partial charge is 0.493 e. The van der Waals surface area contributed by atoms with Crippen molar-refractivity contribution in [2.45, 2.75) is 19.5 Å². The van der Waals surface area contributed by atoms with E-state index in [1.54, 1.807) is 41.3 Å². The first kappa shape index (κ1) is 19.5. The number of carbonyl (C=O) groups is 2. The number of amides is 1. The SMILES string of the molecule is COc1cccc(/C=C/C(=O)c2ccc(N3CCCC3=O)cc2)c1OC(F)F. The number of rotatable bonds is 7. The van der Waals surface area contributed by atoms with Crippen molar-refractivity contribution in [2.75, 3.05) is 18.6 Å². The fourth-order valence-electron chi connectivity index (χ4n) is 3.03. The lowest BCUT2D eigenvalue weighted by Gasteiger charge is -2.15. The molecule has 0 aliphatic carbocycles. The molecule has 28 heavy (non-hydrogen) atoms. The van der Waals surface area contributed by atoms with Crippen LogP contribution in [0.15, 0.2) is 48.5 Å². The lowest BCUT2D eigenvalue weighted by molar-refractivity contribution is -0.117. The second-order valence-electron chi connectivity index (χ2n) is 6.15. The topological polar surface area (TPSA) is 55.8 Å². The van der Waals surface area contributed by atoms with E-state index in [4.69, 9.17) is 4.74 Å². The Morgan fingerprint density at radius 2 is 1.93 bits per heavy atom. The highest BCUT2D eigenvalue weighted by Crippen LogP contribution is 2.33. The molecule has 1 heterocycles. The standard InChI is InChI=1S/C21H19F2NO4/c1-27-18-5-2-4-15(20(18)28-21(22)23)9-12-17(25)14-7-10-16(11-8-14)24-13-3-6-19(24)26/h2,4-5,7-12,21H,3,6,13H2,1H3/b12-9+. The lowest BCUT2D eigenvalue weighted by Crippen LogP contribution is -2.23. The molecule has 1 amide bonds. The average Bonchev–Trinajstić information content (AvgIpc) is 3.12. The van der Waals surface area contributed by atoms with Crippen molar-refractivity contribution >= 4 is 23.5 Å². The molecule has 2 aromatic rings. The van der Waals surface area contributed by atoms with Gasteiger partial charge < -0.3 is 14.4 Å². The number of benzene rings is 2. The van der Waals surface area contributed by atoms with Crippen LogP contribution in [-0.2, 0) is 4.79 Å². The van der Waals surface area contributed by atoms with Gasteiger partial charge in [0.1, 0.15) is 0 Å². The van der Waals surface area contributed by atoms with Crippen molar-refractivity contribution in [2.24, 2.45) is 0 Å². The van der Waals surface area contributed by atoms with Crippen LogP contribution >= 0.6 is 0 Å². The van der Waals surface area contributed by atoms with Crippen molar-refractivity contribution in [1.82, 2.24) is 0 Å². The highest BCUT2D eigenvalue weighted by Gasteiger charge is 2.21. The Labute approximate surface area is 161 Å². The van der Waals surface area contributed by atoms with E-state index in [0.717, 1.165) is 12.1 Å². The number of methoxy groups -OCH3 is 1. The number of hydrogen-bond acceptors (Lipinski definition) is 4. The molecule has 0 radical (unpaired) electrons. The summed E-state index contributed by atoms with van der Waals surface area (Å²) in [6.07, 6.45) is 4.04. The predicted molar refractivity (Wildman–Crippen MR) is 101 cm³/mol. The number of alkyl halides is 2. The van der Waals surface area contributed by atoms with Crippen molar-refractivity contribution in [3.05, 3.63) is 59.7 Å². The van der Waals surface area contributed by atoms with Gasteiger partial charge in [-0.25, -0.2) is 0 Å². The van der Waals surface area contributed by atoms with Gasteiger partial charge in [0.2, 0.25) is 5.91 Å². The number of allylic oxidation sites excluding steroid dienone is 1. The Bertz CT molecular complexity index is 894.